The molecule has 0 aromatic carbocycles. The maximum atomic E-state index is 12.7. The van der Waals surface area contributed by atoms with Crippen molar-refractivity contribution in [2.24, 2.45) is 0 Å². The topological polar surface area (TPSA) is 65.8 Å². The van der Waals surface area contributed by atoms with Gasteiger partial charge < -0.3 is 5.32 Å². The number of hydrogen-bond donors (Lipinski definition) is 1. The largest absolute Gasteiger partial charge is 0.335 e. The van der Waals surface area contributed by atoms with Crippen LogP contribution in [0.1, 0.15) is 30.3 Å². The van der Waals surface area contributed by atoms with E-state index in [1.807, 2.05) is 13.0 Å². The highest BCUT2D eigenvalue weighted by atomic mass is 19.1. The molecule has 1 aromatic heterocycles. The molecule has 0 aliphatic carbocycles. The van der Waals surface area contributed by atoms with Gasteiger partial charge in [0, 0.05) is 0 Å². The van der Waals surface area contributed by atoms with Crippen molar-refractivity contribution in [2.45, 2.75) is 25.8 Å². The number of nitrogens with zero attached hydrogens (tertiary/aromatic N) is 2. The Morgan fingerprint density at radius 3 is 3.00 bits per heavy atom. The first-order valence-electron chi connectivity index (χ1n) is 5.00. The van der Waals surface area contributed by atoms with Crippen molar-refractivity contribution in [1.82, 2.24) is 10.3 Å². The molecule has 4 nitrogen and oxygen atoms in total. The van der Waals surface area contributed by atoms with Crippen LogP contribution in [0.3, 0.4) is 0 Å². The van der Waals surface area contributed by atoms with E-state index in [1.54, 1.807) is 0 Å². The fourth-order valence-corrected chi connectivity index (χ4v) is 1.22. The maximum absolute atomic E-state index is 12.7. The van der Waals surface area contributed by atoms with Crippen LogP contribution in [-0.2, 0) is 0 Å². The van der Waals surface area contributed by atoms with Gasteiger partial charge in [-0.25, -0.2) is 4.98 Å². The predicted molar refractivity (Wildman–Crippen MR) is 56.0 cm³/mol. The molecule has 1 atom stereocenters. The Kier molecular flexibility index (Phi) is 4.40. The smallest absolute Gasteiger partial charge is 0.271 e. The number of amides is 1. The quantitative estimate of drug-likeness (QED) is 0.786. The van der Waals surface area contributed by atoms with Crippen LogP contribution in [0.2, 0.25) is 0 Å². The van der Waals surface area contributed by atoms with Gasteiger partial charge in [0.25, 0.3) is 5.91 Å². The molecule has 84 valence electrons. The number of carbonyl (C=O) groups is 1. The molecule has 0 spiro atoms. The summed E-state index contributed by atoms with van der Waals surface area (Å²) in [6.45, 7) is 1.91. The van der Waals surface area contributed by atoms with Crippen molar-refractivity contribution in [3.63, 3.8) is 0 Å². The Balaban J connectivity index is 2.69. The van der Waals surface area contributed by atoms with Crippen molar-refractivity contribution in [1.29, 1.82) is 5.26 Å². The number of halogens is 1. The number of rotatable bonds is 4. The van der Waals surface area contributed by atoms with Crippen LogP contribution in [0.5, 0.6) is 0 Å². The van der Waals surface area contributed by atoms with E-state index in [0.717, 1.165) is 12.5 Å². The molecule has 0 aliphatic heterocycles. The molecule has 0 saturated heterocycles. The van der Waals surface area contributed by atoms with E-state index >= 15 is 0 Å². The second-order valence-electron chi connectivity index (χ2n) is 3.29. The van der Waals surface area contributed by atoms with Gasteiger partial charge in [0.1, 0.15) is 11.7 Å². The van der Waals surface area contributed by atoms with Gasteiger partial charge in [0.05, 0.1) is 6.07 Å². The molecule has 5 heteroatoms. The summed E-state index contributed by atoms with van der Waals surface area (Å²) in [6, 6.07) is 5.37. The lowest BCUT2D eigenvalue weighted by atomic mass is 10.2. The summed E-state index contributed by atoms with van der Waals surface area (Å²) in [7, 11) is 0. The third-order valence-electron chi connectivity index (χ3n) is 1.99. The summed E-state index contributed by atoms with van der Waals surface area (Å²) in [5.41, 5.74) is -0.0173. The van der Waals surface area contributed by atoms with Gasteiger partial charge in [-0.3, -0.25) is 4.79 Å². The summed E-state index contributed by atoms with van der Waals surface area (Å²) in [5.74, 6) is -1.24. The predicted octanol–water partition coefficient (Wildman–Crippen LogP) is 1.64. The molecule has 0 saturated carbocycles. The number of nitriles is 1. The monoisotopic (exact) mass is 221 g/mol. The zero-order chi connectivity index (χ0) is 12.0. The number of hydrogen-bond acceptors (Lipinski definition) is 3. The van der Waals surface area contributed by atoms with Crippen LogP contribution in [0.15, 0.2) is 18.2 Å². The Morgan fingerprint density at radius 1 is 1.69 bits per heavy atom. The summed E-state index contributed by atoms with van der Waals surface area (Å²) >= 11 is 0. The lowest BCUT2D eigenvalue weighted by molar-refractivity contribution is 0.0937. The molecule has 16 heavy (non-hydrogen) atoms. The standard InChI is InChI=1S/C11H12FN3O/c1-2-4-8(7-13)14-11(16)9-5-3-6-10(12)15-9/h3,5-6,8H,2,4H2,1H3,(H,14,16). The molecule has 0 bridgehead atoms. The van der Waals surface area contributed by atoms with E-state index in [0.29, 0.717) is 6.42 Å². The highest BCUT2D eigenvalue weighted by Gasteiger charge is 2.13. The fourth-order valence-electron chi connectivity index (χ4n) is 1.22. The third kappa shape index (κ3) is 3.31. The molecule has 1 unspecified atom stereocenters. The van der Waals surface area contributed by atoms with Crippen molar-refractivity contribution in [3.05, 3.63) is 29.8 Å². The average Bonchev–Trinajstić information content (AvgIpc) is 2.28. The van der Waals surface area contributed by atoms with Gasteiger partial charge in [-0.1, -0.05) is 19.4 Å². The van der Waals surface area contributed by atoms with Crippen LogP contribution in [0.4, 0.5) is 4.39 Å². The summed E-state index contributed by atoms with van der Waals surface area (Å²) in [5, 5.41) is 11.2. The third-order valence-corrected chi connectivity index (χ3v) is 1.99. The minimum Gasteiger partial charge on any atom is -0.335 e. The Bertz CT molecular complexity index is 414. The Labute approximate surface area is 93.1 Å². The maximum Gasteiger partial charge on any atom is 0.271 e. The van der Waals surface area contributed by atoms with Crippen LogP contribution >= 0.6 is 0 Å². The van der Waals surface area contributed by atoms with Crippen molar-refractivity contribution < 1.29 is 9.18 Å². The fraction of sp³-hybridized carbons (Fsp3) is 0.364. The Hall–Kier alpha value is -1.96. The molecule has 0 aliphatic rings. The lowest BCUT2D eigenvalue weighted by Gasteiger charge is -2.09. The molecular weight excluding hydrogens is 209 g/mol. The van der Waals surface area contributed by atoms with E-state index in [2.05, 4.69) is 10.3 Å². The van der Waals surface area contributed by atoms with Crippen LogP contribution in [-0.4, -0.2) is 16.9 Å². The zero-order valence-corrected chi connectivity index (χ0v) is 8.90. The highest BCUT2D eigenvalue weighted by Crippen LogP contribution is 2.00. The molecule has 0 fully saturated rings. The SMILES string of the molecule is CCCC(C#N)NC(=O)c1cccc(F)n1. The Morgan fingerprint density at radius 2 is 2.44 bits per heavy atom. The first-order valence-corrected chi connectivity index (χ1v) is 5.00. The first-order chi connectivity index (χ1) is 7.67. The summed E-state index contributed by atoms with van der Waals surface area (Å²) in [4.78, 5) is 15.0. The number of aromatic nitrogens is 1. The van der Waals surface area contributed by atoms with Gasteiger partial charge in [0.2, 0.25) is 5.95 Å². The molecule has 1 amide bonds. The van der Waals surface area contributed by atoms with E-state index < -0.39 is 17.9 Å². The van der Waals surface area contributed by atoms with Crippen molar-refractivity contribution in [2.75, 3.05) is 0 Å². The molecule has 0 radical (unpaired) electrons. The van der Waals surface area contributed by atoms with Gasteiger partial charge >= 0.3 is 0 Å². The lowest BCUT2D eigenvalue weighted by Crippen LogP contribution is -2.34. The number of pyridine rings is 1. The summed E-state index contributed by atoms with van der Waals surface area (Å²) in [6.07, 6.45) is 1.35. The van der Waals surface area contributed by atoms with Crippen LogP contribution in [0.25, 0.3) is 0 Å². The van der Waals surface area contributed by atoms with Gasteiger partial charge in [-0.15, -0.1) is 0 Å². The van der Waals surface area contributed by atoms with Gasteiger partial charge in [-0.05, 0) is 18.6 Å². The second-order valence-corrected chi connectivity index (χ2v) is 3.29. The van der Waals surface area contributed by atoms with Crippen molar-refractivity contribution >= 4 is 5.91 Å². The normalized spacial score (nSPS) is 11.6. The van der Waals surface area contributed by atoms with E-state index in [-0.39, 0.29) is 5.69 Å². The molecule has 1 aromatic rings. The van der Waals surface area contributed by atoms with Crippen LogP contribution < -0.4 is 5.32 Å². The molecule has 1 N–H and O–H groups in total. The average molecular weight is 221 g/mol. The molecular formula is C11H12FN3O. The van der Waals surface area contributed by atoms with E-state index in [4.69, 9.17) is 5.26 Å². The minimum absolute atomic E-state index is 0.0173. The molecule has 1 heterocycles. The zero-order valence-electron chi connectivity index (χ0n) is 8.90. The van der Waals surface area contributed by atoms with Crippen LogP contribution in [0, 0.1) is 17.3 Å². The van der Waals surface area contributed by atoms with Gasteiger partial charge in [0.15, 0.2) is 0 Å². The highest BCUT2D eigenvalue weighted by molar-refractivity contribution is 5.92. The van der Waals surface area contributed by atoms with Crippen molar-refractivity contribution in [3.8, 4) is 6.07 Å². The number of carbonyl (C=O) groups excluding carboxylic acids is 1. The number of nitrogens with one attached hydrogen (secondary N) is 1. The van der Waals surface area contributed by atoms with Gasteiger partial charge in [-0.2, -0.15) is 9.65 Å². The second kappa shape index (κ2) is 5.81. The molecule has 1 rings (SSSR count). The first kappa shape index (κ1) is 12.1. The van der Waals surface area contributed by atoms with E-state index in [9.17, 15) is 9.18 Å². The minimum atomic E-state index is -0.711. The van der Waals surface area contributed by atoms with E-state index in [1.165, 1.54) is 12.1 Å². The summed E-state index contributed by atoms with van der Waals surface area (Å²) < 4.78 is 12.7.